The molecule has 9 heteroatoms. The van der Waals surface area contributed by atoms with Crippen molar-refractivity contribution in [3.63, 3.8) is 0 Å². The Morgan fingerprint density at radius 2 is 1.80 bits per heavy atom. The molecule has 0 spiro atoms. The predicted molar refractivity (Wildman–Crippen MR) is 85.9 cm³/mol. The van der Waals surface area contributed by atoms with E-state index in [2.05, 4.69) is 9.97 Å². The van der Waals surface area contributed by atoms with E-state index in [9.17, 15) is 21.6 Å². The van der Waals surface area contributed by atoms with Gasteiger partial charge in [-0.15, -0.1) is 0 Å². The number of aromatic nitrogens is 2. The van der Waals surface area contributed by atoms with Gasteiger partial charge in [0.05, 0.1) is 22.0 Å². The SMILES string of the molecule is O=S(=O)(c1cccnc1)C1CCN(c2ccc(C(F)(F)F)nc2)CC1. The number of pyridine rings is 2. The highest BCUT2D eigenvalue weighted by Crippen LogP contribution is 2.30. The van der Waals surface area contributed by atoms with Gasteiger partial charge in [-0.3, -0.25) is 4.98 Å². The molecule has 3 heterocycles. The zero-order valence-electron chi connectivity index (χ0n) is 13.1. The largest absolute Gasteiger partial charge is 0.433 e. The molecule has 1 saturated heterocycles. The molecule has 0 bridgehead atoms. The highest BCUT2D eigenvalue weighted by molar-refractivity contribution is 7.92. The monoisotopic (exact) mass is 371 g/mol. The summed E-state index contributed by atoms with van der Waals surface area (Å²) in [5.74, 6) is 0. The van der Waals surface area contributed by atoms with Crippen LogP contribution in [0, 0.1) is 0 Å². The van der Waals surface area contributed by atoms with Crippen molar-refractivity contribution in [3.8, 4) is 0 Å². The van der Waals surface area contributed by atoms with Crippen molar-refractivity contribution in [1.82, 2.24) is 9.97 Å². The van der Waals surface area contributed by atoms with E-state index in [1.807, 2.05) is 4.90 Å². The number of sulfone groups is 1. The van der Waals surface area contributed by atoms with Crippen molar-refractivity contribution in [1.29, 1.82) is 0 Å². The quantitative estimate of drug-likeness (QED) is 0.830. The normalized spacial score (nSPS) is 16.8. The maximum Gasteiger partial charge on any atom is 0.433 e. The number of alkyl halides is 3. The zero-order valence-corrected chi connectivity index (χ0v) is 14.0. The Balaban J connectivity index is 1.68. The van der Waals surface area contributed by atoms with Crippen molar-refractivity contribution in [2.45, 2.75) is 29.2 Å². The van der Waals surface area contributed by atoms with E-state index in [1.54, 1.807) is 6.07 Å². The first-order chi connectivity index (χ1) is 11.8. The topological polar surface area (TPSA) is 63.2 Å². The zero-order chi connectivity index (χ0) is 18.1. The fourth-order valence-corrected chi connectivity index (χ4v) is 4.57. The van der Waals surface area contributed by atoms with Crippen LogP contribution in [0.4, 0.5) is 18.9 Å². The molecule has 0 aliphatic carbocycles. The number of hydrogen-bond donors (Lipinski definition) is 0. The van der Waals surface area contributed by atoms with Crippen LogP contribution >= 0.6 is 0 Å². The van der Waals surface area contributed by atoms with Crippen molar-refractivity contribution in [2.24, 2.45) is 0 Å². The lowest BCUT2D eigenvalue weighted by Gasteiger charge is -2.33. The minimum absolute atomic E-state index is 0.199. The first-order valence-electron chi connectivity index (χ1n) is 7.70. The molecule has 0 saturated carbocycles. The Morgan fingerprint density at radius 1 is 1.08 bits per heavy atom. The Bertz CT molecular complexity index is 816. The van der Waals surface area contributed by atoms with Gasteiger partial charge in [0, 0.05) is 25.5 Å². The summed E-state index contributed by atoms with van der Waals surface area (Å²) in [5, 5.41) is -0.518. The van der Waals surface area contributed by atoms with E-state index in [0.717, 1.165) is 6.07 Å². The summed E-state index contributed by atoms with van der Waals surface area (Å²) in [6.45, 7) is 0.883. The lowest BCUT2D eigenvalue weighted by Crippen LogP contribution is -2.39. The highest BCUT2D eigenvalue weighted by Gasteiger charge is 2.33. The second-order valence-electron chi connectivity index (χ2n) is 5.82. The smallest absolute Gasteiger partial charge is 0.370 e. The van der Waals surface area contributed by atoms with Gasteiger partial charge >= 0.3 is 6.18 Å². The maximum absolute atomic E-state index is 12.6. The average molecular weight is 371 g/mol. The van der Waals surface area contributed by atoms with Crippen LogP contribution in [0.25, 0.3) is 0 Å². The summed E-state index contributed by atoms with van der Waals surface area (Å²) in [5.41, 5.74) is -0.379. The molecule has 0 aromatic carbocycles. The van der Waals surface area contributed by atoms with Gasteiger partial charge in [-0.25, -0.2) is 13.4 Å². The summed E-state index contributed by atoms with van der Waals surface area (Å²) >= 11 is 0. The third kappa shape index (κ3) is 3.76. The Kier molecular flexibility index (Phi) is 4.68. The molecule has 5 nitrogen and oxygen atoms in total. The molecule has 0 radical (unpaired) electrons. The van der Waals surface area contributed by atoms with Gasteiger partial charge in [-0.05, 0) is 37.1 Å². The summed E-state index contributed by atoms with van der Waals surface area (Å²) in [6.07, 6.45) is 0.360. The van der Waals surface area contributed by atoms with Crippen LogP contribution < -0.4 is 4.90 Å². The molecule has 0 amide bonds. The molecular weight excluding hydrogens is 355 g/mol. The summed E-state index contributed by atoms with van der Waals surface area (Å²) in [6, 6.07) is 5.41. The van der Waals surface area contributed by atoms with E-state index in [0.29, 0.717) is 31.6 Å². The molecular formula is C16H16F3N3O2S. The van der Waals surface area contributed by atoms with Crippen LogP contribution in [-0.2, 0) is 16.0 Å². The van der Waals surface area contributed by atoms with E-state index >= 15 is 0 Å². The number of hydrogen-bond acceptors (Lipinski definition) is 5. The first-order valence-corrected chi connectivity index (χ1v) is 9.25. The van der Waals surface area contributed by atoms with Crippen LogP contribution in [0.3, 0.4) is 0 Å². The first kappa shape index (κ1) is 17.7. The van der Waals surface area contributed by atoms with Gasteiger partial charge in [-0.1, -0.05) is 0 Å². The fourth-order valence-electron chi connectivity index (χ4n) is 2.87. The van der Waals surface area contributed by atoms with Crippen LogP contribution in [0.15, 0.2) is 47.8 Å². The van der Waals surface area contributed by atoms with E-state index < -0.39 is 27.0 Å². The molecule has 0 N–H and O–H groups in total. The van der Waals surface area contributed by atoms with Gasteiger partial charge < -0.3 is 4.90 Å². The molecule has 0 atom stereocenters. The van der Waals surface area contributed by atoms with E-state index in [4.69, 9.17) is 0 Å². The molecule has 3 rings (SSSR count). The van der Waals surface area contributed by atoms with Crippen molar-refractivity contribution < 1.29 is 21.6 Å². The number of nitrogens with zero attached hydrogens (tertiary/aromatic N) is 3. The number of piperidine rings is 1. The Morgan fingerprint density at radius 3 is 2.32 bits per heavy atom. The van der Waals surface area contributed by atoms with Gasteiger partial charge in [0.25, 0.3) is 0 Å². The molecule has 2 aromatic heterocycles. The van der Waals surface area contributed by atoms with E-state index in [-0.39, 0.29) is 4.90 Å². The number of halogens is 3. The second-order valence-corrected chi connectivity index (χ2v) is 8.05. The van der Waals surface area contributed by atoms with Crippen molar-refractivity contribution in [2.75, 3.05) is 18.0 Å². The highest BCUT2D eigenvalue weighted by atomic mass is 32.2. The van der Waals surface area contributed by atoms with Crippen LogP contribution in [-0.4, -0.2) is 36.7 Å². The fraction of sp³-hybridized carbons (Fsp3) is 0.375. The summed E-state index contributed by atoms with van der Waals surface area (Å²) in [4.78, 5) is 9.34. The van der Waals surface area contributed by atoms with Crippen LogP contribution in [0.2, 0.25) is 0 Å². The minimum Gasteiger partial charge on any atom is -0.370 e. The lowest BCUT2D eigenvalue weighted by atomic mass is 10.1. The standard InChI is InChI=1S/C16H16F3N3O2S/c17-16(18,19)15-4-3-12(10-21-15)22-8-5-13(6-9-22)25(23,24)14-2-1-7-20-11-14/h1-4,7,10-11,13H,5-6,8-9H2. The predicted octanol–water partition coefficient (Wildman–Crippen LogP) is 2.94. The molecule has 25 heavy (non-hydrogen) atoms. The third-order valence-electron chi connectivity index (χ3n) is 4.25. The third-order valence-corrected chi connectivity index (χ3v) is 6.49. The van der Waals surface area contributed by atoms with Gasteiger partial charge in [-0.2, -0.15) is 13.2 Å². The molecule has 1 fully saturated rings. The lowest BCUT2D eigenvalue weighted by molar-refractivity contribution is -0.141. The molecule has 134 valence electrons. The maximum atomic E-state index is 12.6. The average Bonchev–Trinajstić information content (AvgIpc) is 2.62. The number of rotatable bonds is 3. The van der Waals surface area contributed by atoms with Crippen LogP contribution in [0.1, 0.15) is 18.5 Å². The van der Waals surface area contributed by atoms with Gasteiger partial charge in [0.2, 0.25) is 0 Å². The Hall–Kier alpha value is -2.16. The van der Waals surface area contributed by atoms with Crippen LogP contribution in [0.5, 0.6) is 0 Å². The van der Waals surface area contributed by atoms with Gasteiger partial charge in [0.1, 0.15) is 5.69 Å². The number of anilines is 1. The minimum atomic E-state index is -4.47. The molecule has 2 aromatic rings. The molecule has 1 aliphatic rings. The van der Waals surface area contributed by atoms with Crippen molar-refractivity contribution in [3.05, 3.63) is 48.5 Å². The Labute approximate surface area is 143 Å². The molecule has 1 aliphatic heterocycles. The summed E-state index contributed by atoms with van der Waals surface area (Å²) < 4.78 is 62.9. The molecule has 0 unspecified atom stereocenters. The summed E-state index contributed by atoms with van der Waals surface area (Å²) in [7, 11) is -3.45. The van der Waals surface area contributed by atoms with Gasteiger partial charge in [0.15, 0.2) is 9.84 Å². The van der Waals surface area contributed by atoms with E-state index in [1.165, 1.54) is 30.7 Å². The van der Waals surface area contributed by atoms with Crippen molar-refractivity contribution >= 4 is 15.5 Å². The second kappa shape index (κ2) is 6.62.